The van der Waals surface area contributed by atoms with Crippen LogP contribution in [0.25, 0.3) is 0 Å². The highest BCUT2D eigenvalue weighted by Gasteiger charge is 2.28. The van der Waals surface area contributed by atoms with Crippen molar-refractivity contribution in [2.24, 2.45) is 10.2 Å². The fraction of sp³-hybridized carbons (Fsp3) is 0.364. The molecule has 2 aromatic carbocycles. The zero-order chi connectivity index (χ0) is 22.0. The minimum Gasteiger partial charge on any atom is -0.312 e. The van der Waals surface area contributed by atoms with Crippen LogP contribution in [0.5, 0.6) is 0 Å². The van der Waals surface area contributed by atoms with Gasteiger partial charge in [0.05, 0.1) is 0 Å². The van der Waals surface area contributed by atoms with E-state index in [1.165, 1.54) is 0 Å². The molecule has 0 saturated heterocycles. The van der Waals surface area contributed by atoms with Gasteiger partial charge in [-0.2, -0.15) is 10.2 Å². The summed E-state index contributed by atoms with van der Waals surface area (Å²) in [6.45, 7) is 7.36. The first-order chi connectivity index (χ1) is 14.3. The summed E-state index contributed by atoms with van der Waals surface area (Å²) < 4.78 is 0. The predicted octanol–water partition coefficient (Wildman–Crippen LogP) is 5.33. The molecular formula is C22H30N6O2. The summed E-state index contributed by atoms with van der Waals surface area (Å²) in [5.41, 5.74) is -0.481. The molecular weight excluding hydrogens is 380 g/mol. The van der Waals surface area contributed by atoms with E-state index in [-0.39, 0.29) is 12.1 Å². The Morgan fingerprint density at radius 2 is 1.03 bits per heavy atom. The van der Waals surface area contributed by atoms with Crippen LogP contribution in [0.2, 0.25) is 0 Å². The Bertz CT molecular complexity index is 787. The van der Waals surface area contributed by atoms with Crippen LogP contribution in [0.4, 0.5) is 21.0 Å². The van der Waals surface area contributed by atoms with Gasteiger partial charge in [-0.1, -0.05) is 50.2 Å². The van der Waals surface area contributed by atoms with Crippen molar-refractivity contribution in [1.29, 1.82) is 0 Å². The molecule has 0 aliphatic heterocycles. The van der Waals surface area contributed by atoms with Crippen molar-refractivity contribution in [3.63, 3.8) is 0 Å². The molecule has 8 nitrogen and oxygen atoms in total. The van der Waals surface area contributed by atoms with Gasteiger partial charge in [-0.05, 0) is 51.0 Å². The number of hydrogen-bond acceptors (Lipinski definition) is 4. The van der Waals surface area contributed by atoms with Crippen LogP contribution in [0.15, 0.2) is 70.9 Å². The minimum absolute atomic E-state index is 0.377. The van der Waals surface area contributed by atoms with Gasteiger partial charge in [-0.15, -0.1) is 0 Å². The van der Waals surface area contributed by atoms with Gasteiger partial charge in [0, 0.05) is 11.4 Å². The van der Waals surface area contributed by atoms with Gasteiger partial charge in [-0.3, -0.25) is 0 Å². The number of carbonyl (C=O) groups is 2. The zero-order valence-electron chi connectivity index (χ0n) is 17.9. The third-order valence-corrected chi connectivity index (χ3v) is 4.70. The average Bonchev–Trinajstić information content (AvgIpc) is 2.73. The molecule has 2 rings (SSSR count). The van der Waals surface area contributed by atoms with Gasteiger partial charge in [-0.25, -0.2) is 9.59 Å². The zero-order valence-corrected chi connectivity index (χ0v) is 17.9. The summed E-state index contributed by atoms with van der Waals surface area (Å²) >= 11 is 0. The number of rotatable bonds is 8. The second-order valence-corrected chi connectivity index (χ2v) is 7.35. The molecule has 0 heterocycles. The molecule has 2 aromatic rings. The SMILES string of the molecule is CCC(C)(/N=N/C(C)(CC)NC(=O)Nc1ccccc1)NC(=O)Nc1ccccc1. The van der Waals surface area contributed by atoms with Crippen LogP contribution in [-0.4, -0.2) is 23.4 Å². The maximum atomic E-state index is 12.4. The van der Waals surface area contributed by atoms with Gasteiger partial charge in [0.25, 0.3) is 0 Å². The molecule has 0 bridgehead atoms. The Balaban J connectivity index is 2.01. The minimum atomic E-state index is -0.924. The molecule has 8 heteroatoms. The summed E-state index contributed by atoms with van der Waals surface area (Å²) in [5, 5.41) is 20.0. The number of hydrogen-bond donors (Lipinski definition) is 4. The number of nitrogens with zero attached hydrogens (tertiary/aromatic N) is 2. The van der Waals surface area contributed by atoms with Crippen LogP contribution < -0.4 is 21.3 Å². The van der Waals surface area contributed by atoms with E-state index in [1.807, 2.05) is 50.2 Å². The molecule has 0 saturated carbocycles. The molecule has 2 atom stereocenters. The molecule has 2 unspecified atom stereocenters. The second-order valence-electron chi connectivity index (χ2n) is 7.35. The van der Waals surface area contributed by atoms with Crippen LogP contribution in [0.3, 0.4) is 0 Å². The Labute approximate surface area is 177 Å². The molecule has 0 spiro atoms. The molecule has 0 radical (unpaired) electrons. The third kappa shape index (κ3) is 7.20. The van der Waals surface area contributed by atoms with Gasteiger partial charge in [0.15, 0.2) is 11.3 Å². The summed E-state index contributed by atoms with van der Waals surface area (Å²) in [7, 11) is 0. The highest BCUT2D eigenvalue weighted by Crippen LogP contribution is 2.19. The largest absolute Gasteiger partial charge is 0.321 e. The first-order valence-corrected chi connectivity index (χ1v) is 10.00. The number of carbonyl (C=O) groups excluding carboxylic acids is 2. The van der Waals surface area contributed by atoms with Crippen molar-refractivity contribution in [3.8, 4) is 0 Å². The van der Waals surface area contributed by atoms with Crippen LogP contribution >= 0.6 is 0 Å². The Morgan fingerprint density at radius 3 is 1.33 bits per heavy atom. The number of amides is 4. The number of azo groups is 1. The van der Waals surface area contributed by atoms with Crippen molar-refractivity contribution in [1.82, 2.24) is 10.6 Å². The van der Waals surface area contributed by atoms with E-state index >= 15 is 0 Å². The predicted molar refractivity (Wildman–Crippen MR) is 119 cm³/mol. The molecule has 160 valence electrons. The van der Waals surface area contributed by atoms with Crippen molar-refractivity contribution >= 4 is 23.4 Å². The summed E-state index contributed by atoms with van der Waals surface area (Å²) in [4.78, 5) is 24.7. The molecule has 0 aliphatic rings. The van der Waals surface area contributed by atoms with Gasteiger partial charge in [0.2, 0.25) is 0 Å². The van der Waals surface area contributed by atoms with Crippen molar-refractivity contribution in [2.45, 2.75) is 51.9 Å². The number of anilines is 2. The second kappa shape index (κ2) is 10.4. The standard InChI is InChI=1S/C22H30N6O2/c1-5-21(3,25-19(29)23-17-13-9-7-10-14-17)27-28-22(4,6-2)26-20(30)24-18-15-11-8-12-16-18/h7-16H,5-6H2,1-4H3,(H2,23,25,29)(H2,24,26,30)/b28-27+. The summed E-state index contributed by atoms with van der Waals surface area (Å²) in [5.74, 6) is 0. The lowest BCUT2D eigenvalue weighted by Crippen LogP contribution is -2.48. The summed E-state index contributed by atoms with van der Waals surface area (Å²) in [6.07, 6.45) is 1.05. The van der Waals surface area contributed by atoms with Crippen molar-refractivity contribution in [2.75, 3.05) is 10.6 Å². The van der Waals surface area contributed by atoms with E-state index in [9.17, 15) is 9.59 Å². The molecule has 30 heavy (non-hydrogen) atoms. The van der Waals surface area contributed by atoms with Gasteiger partial charge >= 0.3 is 12.1 Å². The van der Waals surface area contributed by atoms with E-state index in [0.717, 1.165) is 0 Å². The Hall–Kier alpha value is -3.42. The van der Waals surface area contributed by atoms with Crippen molar-refractivity contribution in [3.05, 3.63) is 60.7 Å². The maximum absolute atomic E-state index is 12.4. The highest BCUT2D eigenvalue weighted by molar-refractivity contribution is 5.90. The first-order valence-electron chi connectivity index (χ1n) is 10.00. The van der Waals surface area contributed by atoms with E-state index in [4.69, 9.17) is 0 Å². The van der Waals surface area contributed by atoms with Gasteiger partial charge < -0.3 is 21.3 Å². The normalized spacial score (nSPS) is 14.9. The maximum Gasteiger partial charge on any atom is 0.321 e. The lowest BCUT2D eigenvalue weighted by Gasteiger charge is -2.28. The Kier molecular flexibility index (Phi) is 7.91. The lowest BCUT2D eigenvalue weighted by molar-refractivity contribution is 0.227. The smallest absolute Gasteiger partial charge is 0.312 e. The topological polar surface area (TPSA) is 107 Å². The molecule has 4 amide bonds. The van der Waals surface area contributed by atoms with Crippen LogP contribution in [-0.2, 0) is 0 Å². The number of para-hydroxylation sites is 2. The quantitative estimate of drug-likeness (QED) is 0.441. The van der Waals surface area contributed by atoms with Crippen molar-refractivity contribution < 1.29 is 9.59 Å². The first kappa shape index (κ1) is 22.9. The Morgan fingerprint density at radius 1 is 0.700 bits per heavy atom. The van der Waals surface area contributed by atoms with E-state index in [0.29, 0.717) is 24.2 Å². The summed E-state index contributed by atoms with van der Waals surface area (Å²) in [6, 6.07) is 17.6. The lowest BCUT2D eigenvalue weighted by atomic mass is 10.1. The number of urea groups is 2. The molecule has 0 fully saturated rings. The number of nitrogens with one attached hydrogen (secondary N) is 4. The van der Waals surface area contributed by atoms with E-state index < -0.39 is 11.3 Å². The molecule has 4 N–H and O–H groups in total. The average molecular weight is 411 g/mol. The van der Waals surface area contributed by atoms with Gasteiger partial charge in [0.1, 0.15) is 0 Å². The van der Waals surface area contributed by atoms with E-state index in [2.05, 4.69) is 31.5 Å². The van der Waals surface area contributed by atoms with Crippen LogP contribution in [0, 0.1) is 0 Å². The third-order valence-electron chi connectivity index (χ3n) is 4.70. The monoisotopic (exact) mass is 410 g/mol. The number of benzene rings is 2. The highest BCUT2D eigenvalue weighted by atomic mass is 16.2. The van der Waals surface area contributed by atoms with Crippen LogP contribution in [0.1, 0.15) is 40.5 Å². The fourth-order valence-electron chi connectivity index (χ4n) is 2.45. The molecule has 0 aliphatic carbocycles. The van der Waals surface area contributed by atoms with E-state index in [1.54, 1.807) is 38.1 Å². The molecule has 0 aromatic heterocycles. The fourth-order valence-corrected chi connectivity index (χ4v) is 2.45.